The van der Waals surface area contributed by atoms with Gasteiger partial charge in [-0.25, -0.2) is 0 Å². The summed E-state index contributed by atoms with van der Waals surface area (Å²) in [4.78, 5) is 27.2. The van der Waals surface area contributed by atoms with E-state index in [1.165, 1.54) is 32.2 Å². The summed E-state index contributed by atoms with van der Waals surface area (Å²) in [6, 6.07) is 0.341. The van der Waals surface area contributed by atoms with Crippen molar-refractivity contribution in [3.63, 3.8) is 0 Å². The van der Waals surface area contributed by atoms with Crippen LogP contribution >= 0.6 is 0 Å². The van der Waals surface area contributed by atoms with E-state index in [1.54, 1.807) is 0 Å². The van der Waals surface area contributed by atoms with Gasteiger partial charge in [-0.1, -0.05) is 25.7 Å². The van der Waals surface area contributed by atoms with Crippen LogP contribution in [0.25, 0.3) is 0 Å². The van der Waals surface area contributed by atoms with Gasteiger partial charge in [-0.2, -0.15) is 0 Å². The maximum Gasteiger partial charge on any atom is 0.242 e. The van der Waals surface area contributed by atoms with Crippen LogP contribution in [0.3, 0.4) is 0 Å². The van der Waals surface area contributed by atoms with Gasteiger partial charge in [0.25, 0.3) is 0 Å². The predicted octanol–water partition coefficient (Wildman–Crippen LogP) is 1.81. The van der Waals surface area contributed by atoms with Crippen molar-refractivity contribution in [1.29, 1.82) is 0 Å². The zero-order chi connectivity index (χ0) is 16.2. The van der Waals surface area contributed by atoms with E-state index in [9.17, 15) is 9.59 Å². The average Bonchev–Trinajstić information content (AvgIpc) is 2.98. The van der Waals surface area contributed by atoms with Crippen LogP contribution in [-0.2, 0) is 9.59 Å². The predicted molar refractivity (Wildman–Crippen MR) is 89.9 cm³/mol. The summed E-state index contributed by atoms with van der Waals surface area (Å²) < 4.78 is 0. The molecule has 3 aliphatic rings. The fourth-order valence-electron chi connectivity index (χ4n) is 4.49. The lowest BCUT2D eigenvalue weighted by molar-refractivity contribution is -0.131. The summed E-state index contributed by atoms with van der Waals surface area (Å²) in [7, 11) is 0. The Labute approximate surface area is 139 Å². The molecule has 2 N–H and O–H groups in total. The Balaban J connectivity index is 1.46. The molecule has 0 aromatic rings. The van der Waals surface area contributed by atoms with Gasteiger partial charge in [0.15, 0.2) is 0 Å². The third kappa shape index (κ3) is 4.06. The number of nitrogens with one attached hydrogen (secondary N) is 2. The zero-order valence-corrected chi connectivity index (χ0v) is 14.4. The maximum absolute atomic E-state index is 12.4. The molecule has 0 aromatic carbocycles. The van der Waals surface area contributed by atoms with Crippen LogP contribution in [-0.4, -0.2) is 47.9 Å². The summed E-state index contributed by atoms with van der Waals surface area (Å²) >= 11 is 0. The first-order chi connectivity index (χ1) is 11.1. The van der Waals surface area contributed by atoms with Crippen LogP contribution in [0.2, 0.25) is 0 Å². The summed E-state index contributed by atoms with van der Waals surface area (Å²) in [5.74, 6) is 0.156. The molecule has 2 saturated heterocycles. The molecule has 1 saturated carbocycles. The van der Waals surface area contributed by atoms with E-state index in [0.29, 0.717) is 6.04 Å². The molecule has 1 aliphatic carbocycles. The molecule has 5 heteroatoms. The third-order valence-corrected chi connectivity index (χ3v) is 5.91. The number of amides is 2. The fraction of sp³-hybridized carbons (Fsp3) is 0.889. The van der Waals surface area contributed by atoms with Crippen molar-refractivity contribution in [3.05, 3.63) is 0 Å². The minimum atomic E-state index is -0.429. The average molecular weight is 321 g/mol. The number of carbonyl (C=O) groups excluding carboxylic acids is 2. The minimum Gasteiger partial charge on any atom is -0.350 e. The van der Waals surface area contributed by atoms with Crippen molar-refractivity contribution in [2.45, 2.75) is 82.8 Å². The molecule has 5 nitrogen and oxygen atoms in total. The number of rotatable bonds is 4. The quantitative estimate of drug-likeness (QED) is 0.830. The summed E-state index contributed by atoms with van der Waals surface area (Å²) in [6.45, 7) is 4.08. The van der Waals surface area contributed by atoms with E-state index in [2.05, 4.69) is 15.5 Å². The summed E-state index contributed by atoms with van der Waals surface area (Å²) in [5, 5.41) is 6.12. The molecule has 3 rings (SSSR count). The van der Waals surface area contributed by atoms with Gasteiger partial charge in [-0.15, -0.1) is 0 Å². The van der Waals surface area contributed by atoms with Crippen molar-refractivity contribution in [2.24, 2.45) is 5.92 Å². The van der Waals surface area contributed by atoms with Crippen molar-refractivity contribution in [3.8, 4) is 0 Å². The Morgan fingerprint density at radius 1 is 0.957 bits per heavy atom. The van der Waals surface area contributed by atoms with E-state index in [0.717, 1.165) is 38.6 Å². The highest BCUT2D eigenvalue weighted by Gasteiger charge is 2.37. The fourth-order valence-corrected chi connectivity index (χ4v) is 4.49. The summed E-state index contributed by atoms with van der Waals surface area (Å²) in [5.41, 5.74) is 0. The topological polar surface area (TPSA) is 61.4 Å². The van der Waals surface area contributed by atoms with Gasteiger partial charge in [0.05, 0.1) is 0 Å². The standard InChI is InChI=1S/C18H31N3O2/c1-13(19-18(23)14-7-3-2-4-8-14)17(22)20-15-10-12-21-11-6-5-9-16(15)21/h13-16H,2-12H2,1H3,(H,19,23)(H,20,22)/t13-,15-,16-/m0/s1. The number of fused-ring (bicyclic) bond motifs is 1. The molecule has 3 fully saturated rings. The lowest BCUT2D eigenvalue weighted by Gasteiger charge is -2.33. The van der Waals surface area contributed by atoms with Crippen molar-refractivity contribution < 1.29 is 9.59 Å². The SMILES string of the molecule is C[C@H](NC(=O)C1CCCCC1)C(=O)N[C@H]1CCN2CCCC[C@@H]12. The molecule has 0 unspecified atom stereocenters. The van der Waals surface area contributed by atoms with Gasteiger partial charge in [0, 0.05) is 24.5 Å². The molecule has 130 valence electrons. The van der Waals surface area contributed by atoms with Gasteiger partial charge in [0.1, 0.15) is 6.04 Å². The second-order valence-corrected chi connectivity index (χ2v) is 7.57. The van der Waals surface area contributed by atoms with Crippen LogP contribution in [0.1, 0.15) is 64.7 Å². The molecule has 3 atom stereocenters. The third-order valence-electron chi connectivity index (χ3n) is 5.91. The van der Waals surface area contributed by atoms with Crippen LogP contribution in [0, 0.1) is 5.92 Å². The van der Waals surface area contributed by atoms with Gasteiger partial charge in [-0.05, 0) is 45.6 Å². The second kappa shape index (κ2) is 7.65. The van der Waals surface area contributed by atoms with Gasteiger partial charge >= 0.3 is 0 Å². The van der Waals surface area contributed by atoms with Crippen molar-refractivity contribution >= 4 is 11.8 Å². The van der Waals surface area contributed by atoms with Crippen molar-refractivity contribution in [2.75, 3.05) is 13.1 Å². The lowest BCUT2D eigenvalue weighted by Crippen LogP contribution is -2.53. The maximum atomic E-state index is 12.4. The normalized spacial score (nSPS) is 30.5. The molecular formula is C18H31N3O2. The Bertz CT molecular complexity index is 434. The van der Waals surface area contributed by atoms with E-state index >= 15 is 0 Å². The van der Waals surface area contributed by atoms with E-state index in [-0.39, 0.29) is 23.8 Å². The first kappa shape index (κ1) is 16.7. The highest BCUT2D eigenvalue weighted by Crippen LogP contribution is 2.27. The molecular weight excluding hydrogens is 290 g/mol. The molecule has 2 aliphatic heterocycles. The van der Waals surface area contributed by atoms with Crippen LogP contribution in [0.5, 0.6) is 0 Å². The Morgan fingerprint density at radius 2 is 1.70 bits per heavy atom. The number of hydrogen-bond acceptors (Lipinski definition) is 3. The first-order valence-electron chi connectivity index (χ1n) is 9.50. The zero-order valence-electron chi connectivity index (χ0n) is 14.4. The van der Waals surface area contributed by atoms with Crippen molar-refractivity contribution in [1.82, 2.24) is 15.5 Å². The van der Waals surface area contributed by atoms with Crippen LogP contribution < -0.4 is 10.6 Å². The number of hydrogen-bond donors (Lipinski definition) is 2. The smallest absolute Gasteiger partial charge is 0.242 e. The minimum absolute atomic E-state index is 0.0217. The molecule has 2 amide bonds. The molecule has 23 heavy (non-hydrogen) atoms. The molecule has 2 heterocycles. The molecule has 0 spiro atoms. The number of nitrogens with zero attached hydrogens (tertiary/aromatic N) is 1. The van der Waals surface area contributed by atoms with Crippen LogP contribution in [0.4, 0.5) is 0 Å². The Kier molecular flexibility index (Phi) is 5.57. The highest BCUT2D eigenvalue weighted by atomic mass is 16.2. The molecule has 0 radical (unpaired) electrons. The van der Waals surface area contributed by atoms with Gasteiger partial charge in [-0.3, -0.25) is 14.5 Å². The van der Waals surface area contributed by atoms with E-state index in [1.807, 2.05) is 6.92 Å². The second-order valence-electron chi connectivity index (χ2n) is 7.57. The summed E-state index contributed by atoms with van der Waals surface area (Å²) in [6.07, 6.45) is 10.2. The number of carbonyl (C=O) groups is 2. The Hall–Kier alpha value is -1.10. The molecule has 0 bridgehead atoms. The van der Waals surface area contributed by atoms with Crippen LogP contribution in [0.15, 0.2) is 0 Å². The Morgan fingerprint density at radius 3 is 2.48 bits per heavy atom. The monoisotopic (exact) mass is 321 g/mol. The van der Waals surface area contributed by atoms with E-state index < -0.39 is 6.04 Å². The lowest BCUT2D eigenvalue weighted by atomic mass is 9.88. The largest absolute Gasteiger partial charge is 0.350 e. The van der Waals surface area contributed by atoms with E-state index in [4.69, 9.17) is 0 Å². The highest BCUT2D eigenvalue weighted by molar-refractivity contribution is 5.88. The number of piperidine rings is 1. The van der Waals surface area contributed by atoms with Gasteiger partial charge < -0.3 is 10.6 Å². The van der Waals surface area contributed by atoms with Gasteiger partial charge in [0.2, 0.25) is 11.8 Å². The first-order valence-corrected chi connectivity index (χ1v) is 9.50. The molecule has 0 aromatic heterocycles.